The fourth-order valence-electron chi connectivity index (χ4n) is 3.25. The van der Waals surface area contributed by atoms with E-state index < -0.39 is 23.8 Å². The average molecular weight is 386 g/mol. The summed E-state index contributed by atoms with van der Waals surface area (Å²) < 4.78 is 16.4. The van der Waals surface area contributed by atoms with Crippen molar-refractivity contribution >= 4 is 11.8 Å². The van der Waals surface area contributed by atoms with E-state index in [0.29, 0.717) is 29.2 Å². The predicted molar refractivity (Wildman–Crippen MR) is 105 cm³/mol. The van der Waals surface area contributed by atoms with E-state index in [4.69, 9.17) is 19.9 Å². The molecule has 4 N–H and O–H groups in total. The van der Waals surface area contributed by atoms with E-state index in [2.05, 4.69) is 5.32 Å². The highest BCUT2D eigenvalue weighted by molar-refractivity contribution is 5.69. The van der Waals surface area contributed by atoms with Gasteiger partial charge in [0.1, 0.15) is 23.2 Å². The molecule has 150 valence electrons. The Morgan fingerprint density at radius 1 is 1.29 bits per heavy atom. The minimum absolute atomic E-state index is 0.233. The van der Waals surface area contributed by atoms with E-state index >= 15 is 0 Å². The number of carbonyl (C=O) groups excluding carboxylic acids is 1. The molecule has 0 radical (unpaired) electrons. The maximum Gasteiger partial charge on any atom is 0.407 e. The van der Waals surface area contributed by atoms with Crippen LogP contribution in [0.3, 0.4) is 0 Å². The molecule has 0 spiro atoms. The smallest absolute Gasteiger partial charge is 0.407 e. The first-order chi connectivity index (χ1) is 13.3. The number of hydrogen-bond donors (Lipinski definition) is 3. The van der Waals surface area contributed by atoms with Gasteiger partial charge < -0.3 is 30.4 Å². The fraction of sp³-hybridized carbons (Fsp3) is 0.381. The van der Waals surface area contributed by atoms with Crippen molar-refractivity contribution in [2.75, 3.05) is 19.5 Å². The zero-order chi connectivity index (χ0) is 20.3. The Labute approximate surface area is 164 Å². The monoisotopic (exact) mass is 386 g/mol. The van der Waals surface area contributed by atoms with Crippen molar-refractivity contribution < 1.29 is 24.1 Å². The number of nitrogen functional groups attached to an aromatic ring is 1. The molecule has 0 aliphatic carbocycles. The molecule has 0 aromatic heterocycles. The van der Waals surface area contributed by atoms with Gasteiger partial charge in [0, 0.05) is 18.1 Å². The highest BCUT2D eigenvalue weighted by Crippen LogP contribution is 2.43. The largest absolute Gasteiger partial charge is 0.495 e. The molecule has 1 heterocycles. The van der Waals surface area contributed by atoms with Gasteiger partial charge in [0.25, 0.3) is 0 Å². The summed E-state index contributed by atoms with van der Waals surface area (Å²) in [6, 6.07) is 12.3. The molecular formula is C21H26N2O5. The molecule has 28 heavy (non-hydrogen) atoms. The zero-order valence-electron chi connectivity index (χ0n) is 16.3. The molecule has 2 aromatic carbocycles. The van der Waals surface area contributed by atoms with Crippen molar-refractivity contribution in [1.82, 2.24) is 5.32 Å². The summed E-state index contributed by atoms with van der Waals surface area (Å²) in [5.74, 6) is 0.932. The standard InChI is InChI=1S/C21H26N2O5/c1-21(2)19(24)18(14-11-17(26-3)15(22)12-16(14)28-21)23-20(25)27-10-9-13-7-5-4-6-8-13/h4-8,11-12,18-19,24H,9-10,22H2,1-3H3,(H,23,25). The number of alkyl carbamates (subject to hydrolysis) is 1. The van der Waals surface area contributed by atoms with Crippen LogP contribution in [0.4, 0.5) is 10.5 Å². The molecule has 0 bridgehead atoms. The first kappa shape index (κ1) is 19.8. The Morgan fingerprint density at radius 2 is 2.00 bits per heavy atom. The summed E-state index contributed by atoms with van der Waals surface area (Å²) in [6.07, 6.45) is -0.994. The van der Waals surface area contributed by atoms with Crippen molar-refractivity contribution in [2.45, 2.75) is 38.0 Å². The third-order valence-corrected chi connectivity index (χ3v) is 4.84. The molecule has 1 amide bonds. The molecule has 7 nitrogen and oxygen atoms in total. The second-order valence-corrected chi connectivity index (χ2v) is 7.28. The number of aliphatic hydroxyl groups excluding tert-OH is 1. The van der Waals surface area contributed by atoms with Crippen molar-refractivity contribution in [2.24, 2.45) is 0 Å². The van der Waals surface area contributed by atoms with Crippen molar-refractivity contribution in [3.05, 3.63) is 53.6 Å². The topological polar surface area (TPSA) is 103 Å². The quantitative estimate of drug-likeness (QED) is 0.683. The molecule has 7 heteroatoms. The number of benzene rings is 2. The normalized spacial score (nSPS) is 19.9. The van der Waals surface area contributed by atoms with Crippen LogP contribution in [0.25, 0.3) is 0 Å². The maximum atomic E-state index is 12.3. The van der Waals surface area contributed by atoms with E-state index in [1.807, 2.05) is 30.3 Å². The Kier molecular flexibility index (Phi) is 5.65. The van der Waals surface area contributed by atoms with Gasteiger partial charge in [-0.25, -0.2) is 4.79 Å². The van der Waals surface area contributed by atoms with Gasteiger partial charge >= 0.3 is 6.09 Å². The first-order valence-corrected chi connectivity index (χ1v) is 9.13. The molecule has 0 saturated heterocycles. The number of nitrogens with one attached hydrogen (secondary N) is 1. The van der Waals surface area contributed by atoms with Crippen LogP contribution in [-0.4, -0.2) is 36.6 Å². The summed E-state index contributed by atoms with van der Waals surface area (Å²) >= 11 is 0. The number of nitrogens with two attached hydrogens (primary N) is 1. The van der Waals surface area contributed by atoms with E-state index in [-0.39, 0.29) is 6.61 Å². The molecule has 2 atom stereocenters. The van der Waals surface area contributed by atoms with Crippen LogP contribution in [0.1, 0.15) is 31.0 Å². The lowest BCUT2D eigenvalue weighted by Gasteiger charge is -2.42. The molecule has 2 aromatic rings. The minimum atomic E-state index is -0.991. The van der Waals surface area contributed by atoms with Crippen LogP contribution < -0.4 is 20.5 Å². The average Bonchev–Trinajstić information content (AvgIpc) is 2.66. The minimum Gasteiger partial charge on any atom is -0.495 e. The lowest BCUT2D eigenvalue weighted by molar-refractivity contribution is -0.0636. The highest BCUT2D eigenvalue weighted by Gasteiger charge is 2.44. The lowest BCUT2D eigenvalue weighted by atomic mass is 9.86. The van der Waals surface area contributed by atoms with Gasteiger partial charge in [0.05, 0.1) is 25.4 Å². The number of hydrogen-bond acceptors (Lipinski definition) is 6. The molecule has 0 fully saturated rings. The van der Waals surface area contributed by atoms with Gasteiger partial charge in [-0.05, 0) is 25.5 Å². The Morgan fingerprint density at radius 3 is 2.68 bits per heavy atom. The number of amides is 1. The lowest BCUT2D eigenvalue weighted by Crippen LogP contribution is -2.53. The van der Waals surface area contributed by atoms with Crippen molar-refractivity contribution in [3.8, 4) is 11.5 Å². The summed E-state index contributed by atoms with van der Waals surface area (Å²) in [5.41, 5.74) is 7.12. The first-order valence-electron chi connectivity index (χ1n) is 9.13. The van der Waals surface area contributed by atoms with Gasteiger partial charge in [0.15, 0.2) is 0 Å². The number of fused-ring (bicyclic) bond motifs is 1. The second kappa shape index (κ2) is 7.98. The van der Waals surface area contributed by atoms with Crippen LogP contribution in [0.2, 0.25) is 0 Å². The van der Waals surface area contributed by atoms with Gasteiger partial charge in [-0.3, -0.25) is 0 Å². The molecule has 1 aliphatic heterocycles. The summed E-state index contributed by atoms with van der Waals surface area (Å²) in [5, 5.41) is 13.5. The van der Waals surface area contributed by atoms with Crippen LogP contribution in [0.15, 0.2) is 42.5 Å². The predicted octanol–water partition coefficient (Wildman–Crippen LogP) is 2.82. The molecule has 1 aliphatic rings. The second-order valence-electron chi connectivity index (χ2n) is 7.28. The van der Waals surface area contributed by atoms with Gasteiger partial charge in [-0.15, -0.1) is 0 Å². The van der Waals surface area contributed by atoms with Gasteiger partial charge in [0.2, 0.25) is 0 Å². The Hall–Kier alpha value is -2.93. The fourth-order valence-corrected chi connectivity index (χ4v) is 3.25. The summed E-state index contributed by atoms with van der Waals surface area (Å²) in [6.45, 7) is 3.73. The SMILES string of the molecule is COc1cc2c(cc1N)OC(C)(C)C(O)C2NC(=O)OCCc1ccccc1. The third kappa shape index (κ3) is 4.14. The summed E-state index contributed by atoms with van der Waals surface area (Å²) in [4.78, 5) is 12.3. The van der Waals surface area contributed by atoms with Crippen molar-refractivity contribution in [3.63, 3.8) is 0 Å². The highest BCUT2D eigenvalue weighted by atomic mass is 16.5. The van der Waals surface area contributed by atoms with E-state index in [1.54, 1.807) is 26.0 Å². The molecular weight excluding hydrogens is 360 g/mol. The van der Waals surface area contributed by atoms with Gasteiger partial charge in [-0.2, -0.15) is 0 Å². The van der Waals surface area contributed by atoms with Crippen LogP contribution >= 0.6 is 0 Å². The number of ether oxygens (including phenoxy) is 3. The van der Waals surface area contributed by atoms with Crippen LogP contribution in [0.5, 0.6) is 11.5 Å². The van der Waals surface area contributed by atoms with E-state index in [0.717, 1.165) is 5.56 Å². The molecule has 3 rings (SSSR count). The Bertz CT molecular complexity index is 838. The number of rotatable bonds is 5. The number of carbonyl (C=O) groups is 1. The van der Waals surface area contributed by atoms with Crippen molar-refractivity contribution in [1.29, 1.82) is 0 Å². The maximum absolute atomic E-state index is 12.3. The van der Waals surface area contributed by atoms with Gasteiger partial charge in [-0.1, -0.05) is 30.3 Å². The number of aliphatic hydroxyl groups is 1. The van der Waals surface area contributed by atoms with E-state index in [1.165, 1.54) is 7.11 Å². The number of anilines is 1. The van der Waals surface area contributed by atoms with Crippen LogP contribution in [-0.2, 0) is 11.2 Å². The Balaban J connectivity index is 1.73. The molecule has 0 saturated carbocycles. The summed E-state index contributed by atoms with van der Waals surface area (Å²) in [7, 11) is 1.50. The zero-order valence-corrected chi connectivity index (χ0v) is 16.3. The molecule has 2 unspecified atom stereocenters. The number of methoxy groups -OCH3 is 1. The third-order valence-electron chi connectivity index (χ3n) is 4.84. The van der Waals surface area contributed by atoms with Crippen LogP contribution in [0, 0.1) is 0 Å². The van der Waals surface area contributed by atoms with E-state index in [9.17, 15) is 9.90 Å².